The Labute approximate surface area is 100 Å². The highest BCUT2D eigenvalue weighted by Crippen LogP contribution is 2.32. The number of nitrogens with zero attached hydrogens (tertiary/aromatic N) is 1. The number of halogens is 1. The molecule has 0 saturated carbocycles. The van der Waals surface area contributed by atoms with Crippen molar-refractivity contribution in [3.63, 3.8) is 0 Å². The van der Waals surface area contributed by atoms with Gasteiger partial charge in [0.2, 0.25) is 0 Å². The maximum Gasteiger partial charge on any atom is 0.161 e. The van der Waals surface area contributed by atoms with Crippen LogP contribution in [0.5, 0.6) is 11.5 Å². The zero-order valence-corrected chi connectivity index (χ0v) is 10.2. The monoisotopic (exact) mass is 239 g/mol. The number of rotatable bonds is 3. The lowest BCUT2D eigenvalue weighted by Crippen LogP contribution is -2.14. The summed E-state index contributed by atoms with van der Waals surface area (Å²) in [7, 11) is 3.27. The fourth-order valence-electron chi connectivity index (χ4n) is 1.91. The molecule has 1 heterocycles. The first-order chi connectivity index (χ1) is 7.80. The number of benzene rings is 1. The molecular weight excluding hydrogens is 226 g/mol. The van der Waals surface area contributed by atoms with E-state index < -0.39 is 0 Å². The van der Waals surface area contributed by atoms with Crippen molar-refractivity contribution >= 4 is 17.3 Å². The molecule has 0 saturated heterocycles. The Bertz CT molecular complexity index is 429. The van der Waals surface area contributed by atoms with Crippen LogP contribution < -0.4 is 9.47 Å². The number of fused-ring (bicyclic) bond motifs is 1. The molecule has 0 spiro atoms. The van der Waals surface area contributed by atoms with Gasteiger partial charge in [-0.2, -0.15) is 0 Å². The van der Waals surface area contributed by atoms with Gasteiger partial charge in [-0.3, -0.25) is 4.99 Å². The van der Waals surface area contributed by atoms with Crippen LogP contribution in [0.25, 0.3) is 0 Å². The Morgan fingerprint density at radius 3 is 2.56 bits per heavy atom. The molecule has 0 aliphatic carbocycles. The van der Waals surface area contributed by atoms with E-state index in [0.29, 0.717) is 5.88 Å². The van der Waals surface area contributed by atoms with Crippen molar-refractivity contribution < 1.29 is 9.47 Å². The van der Waals surface area contributed by atoms with Gasteiger partial charge in [-0.1, -0.05) is 0 Å². The van der Waals surface area contributed by atoms with E-state index >= 15 is 0 Å². The van der Waals surface area contributed by atoms with E-state index in [1.54, 1.807) is 14.2 Å². The molecule has 4 heteroatoms. The molecule has 0 aromatic heterocycles. The van der Waals surface area contributed by atoms with Crippen LogP contribution in [0.4, 0.5) is 0 Å². The van der Waals surface area contributed by atoms with Crippen LogP contribution in [0.1, 0.15) is 11.1 Å². The smallest absolute Gasteiger partial charge is 0.161 e. The average molecular weight is 240 g/mol. The molecule has 0 N–H and O–H groups in total. The van der Waals surface area contributed by atoms with Crippen LogP contribution in [-0.4, -0.2) is 32.4 Å². The Balaban J connectivity index is 2.52. The normalized spacial score (nSPS) is 14.1. The maximum absolute atomic E-state index is 5.87. The van der Waals surface area contributed by atoms with Gasteiger partial charge in [0.15, 0.2) is 11.5 Å². The van der Waals surface area contributed by atoms with E-state index in [1.807, 2.05) is 12.1 Å². The van der Waals surface area contributed by atoms with Crippen LogP contribution >= 0.6 is 11.6 Å². The lowest BCUT2D eigenvalue weighted by molar-refractivity contribution is 0.354. The predicted molar refractivity (Wildman–Crippen MR) is 65.4 cm³/mol. The van der Waals surface area contributed by atoms with Crippen molar-refractivity contribution in [3.05, 3.63) is 23.3 Å². The van der Waals surface area contributed by atoms with Crippen molar-refractivity contribution in [1.82, 2.24) is 0 Å². The van der Waals surface area contributed by atoms with Crippen LogP contribution in [0.15, 0.2) is 17.1 Å². The number of aliphatic imine (C=N–C) groups is 1. The lowest BCUT2D eigenvalue weighted by atomic mass is 9.97. The second-order valence-corrected chi connectivity index (χ2v) is 3.84. The molecule has 0 amide bonds. The highest BCUT2D eigenvalue weighted by atomic mass is 35.5. The summed E-state index contributed by atoms with van der Waals surface area (Å²) in [6, 6.07) is 3.96. The second-order valence-electron chi connectivity index (χ2n) is 3.58. The largest absolute Gasteiger partial charge is 0.493 e. The standard InChI is InChI=1S/C12H14ClNO2/c1-15-11-5-8-3-4-14-10(7-13)9(8)6-12(11)16-2/h5-6H,3-4,7H2,1-2H3. The first-order valence-corrected chi connectivity index (χ1v) is 5.68. The third-order valence-corrected chi connectivity index (χ3v) is 2.98. The molecule has 0 radical (unpaired) electrons. The lowest BCUT2D eigenvalue weighted by Gasteiger charge is -2.18. The molecule has 16 heavy (non-hydrogen) atoms. The summed E-state index contributed by atoms with van der Waals surface area (Å²) >= 11 is 5.87. The van der Waals surface area contributed by atoms with E-state index in [2.05, 4.69) is 4.99 Å². The number of ether oxygens (including phenoxy) is 2. The zero-order valence-electron chi connectivity index (χ0n) is 9.42. The van der Waals surface area contributed by atoms with E-state index in [4.69, 9.17) is 21.1 Å². The molecule has 0 unspecified atom stereocenters. The van der Waals surface area contributed by atoms with Crippen molar-refractivity contribution in [2.45, 2.75) is 6.42 Å². The highest BCUT2D eigenvalue weighted by molar-refractivity contribution is 6.32. The number of hydrogen-bond donors (Lipinski definition) is 0. The summed E-state index contributed by atoms with van der Waals surface area (Å²) in [6.07, 6.45) is 0.927. The first kappa shape index (κ1) is 11.3. The Kier molecular flexibility index (Phi) is 3.34. The fourth-order valence-corrected chi connectivity index (χ4v) is 2.14. The molecule has 1 aliphatic heterocycles. The topological polar surface area (TPSA) is 30.8 Å². The van der Waals surface area contributed by atoms with Gasteiger partial charge in [-0.05, 0) is 24.1 Å². The van der Waals surface area contributed by atoms with Crippen LogP contribution in [-0.2, 0) is 6.42 Å². The molecule has 1 aromatic carbocycles. The van der Waals surface area contributed by atoms with Crippen LogP contribution in [0, 0.1) is 0 Å². The minimum absolute atomic E-state index is 0.433. The summed E-state index contributed by atoms with van der Waals surface area (Å²) < 4.78 is 10.5. The summed E-state index contributed by atoms with van der Waals surface area (Å²) in [5.74, 6) is 1.92. The van der Waals surface area contributed by atoms with Gasteiger partial charge in [0.1, 0.15) is 0 Å². The molecular formula is C12H14ClNO2. The Morgan fingerprint density at radius 2 is 1.94 bits per heavy atom. The number of hydrogen-bond acceptors (Lipinski definition) is 3. The molecule has 1 aliphatic rings. The minimum Gasteiger partial charge on any atom is -0.493 e. The van der Waals surface area contributed by atoms with Crippen LogP contribution in [0.3, 0.4) is 0 Å². The van der Waals surface area contributed by atoms with Crippen molar-refractivity contribution in [2.24, 2.45) is 4.99 Å². The zero-order chi connectivity index (χ0) is 11.5. The summed E-state index contributed by atoms with van der Waals surface area (Å²) in [6.45, 7) is 0.796. The van der Waals surface area contributed by atoms with Crippen LogP contribution in [0.2, 0.25) is 0 Å². The van der Waals surface area contributed by atoms with Crippen molar-refractivity contribution in [2.75, 3.05) is 26.6 Å². The first-order valence-electron chi connectivity index (χ1n) is 5.14. The molecule has 1 aromatic rings. The third-order valence-electron chi connectivity index (χ3n) is 2.73. The molecule has 0 fully saturated rings. The number of methoxy groups -OCH3 is 2. The van der Waals surface area contributed by atoms with Gasteiger partial charge >= 0.3 is 0 Å². The van der Waals surface area contributed by atoms with Gasteiger partial charge in [-0.15, -0.1) is 11.6 Å². The second kappa shape index (κ2) is 4.74. The maximum atomic E-state index is 5.87. The predicted octanol–water partition coefficient (Wildman–Crippen LogP) is 2.29. The fraction of sp³-hybridized carbons (Fsp3) is 0.417. The molecule has 86 valence electrons. The summed E-state index contributed by atoms with van der Waals surface area (Å²) in [5, 5.41) is 0. The van der Waals surface area contributed by atoms with E-state index in [0.717, 1.165) is 35.7 Å². The number of alkyl halides is 1. The van der Waals surface area contributed by atoms with Gasteiger partial charge in [0, 0.05) is 12.1 Å². The molecule has 0 atom stereocenters. The Hall–Kier alpha value is -1.22. The summed E-state index contributed by atoms with van der Waals surface area (Å²) in [5.41, 5.74) is 3.24. The van der Waals surface area contributed by atoms with Crippen molar-refractivity contribution in [1.29, 1.82) is 0 Å². The van der Waals surface area contributed by atoms with E-state index in [1.165, 1.54) is 5.56 Å². The summed E-state index contributed by atoms with van der Waals surface area (Å²) in [4.78, 5) is 4.41. The molecule has 3 nitrogen and oxygen atoms in total. The molecule has 2 rings (SSSR count). The van der Waals surface area contributed by atoms with Gasteiger partial charge < -0.3 is 9.47 Å². The van der Waals surface area contributed by atoms with E-state index in [9.17, 15) is 0 Å². The van der Waals surface area contributed by atoms with Gasteiger partial charge in [-0.25, -0.2) is 0 Å². The van der Waals surface area contributed by atoms with Crippen molar-refractivity contribution in [3.8, 4) is 11.5 Å². The van der Waals surface area contributed by atoms with Gasteiger partial charge in [0.25, 0.3) is 0 Å². The third kappa shape index (κ3) is 1.87. The average Bonchev–Trinajstić information content (AvgIpc) is 2.36. The highest BCUT2D eigenvalue weighted by Gasteiger charge is 2.17. The quantitative estimate of drug-likeness (QED) is 0.758. The Morgan fingerprint density at radius 1 is 1.25 bits per heavy atom. The molecule has 0 bridgehead atoms. The van der Waals surface area contributed by atoms with E-state index in [-0.39, 0.29) is 0 Å². The van der Waals surface area contributed by atoms with Gasteiger partial charge in [0.05, 0.1) is 25.8 Å². The minimum atomic E-state index is 0.433. The SMILES string of the molecule is COc1cc2c(cc1OC)C(CCl)=NCC2.